The second kappa shape index (κ2) is 68.6. The molecule has 119 heavy (non-hydrogen) atoms. The Labute approximate surface area is 796 Å². The van der Waals surface area contributed by atoms with Crippen molar-refractivity contribution in [3.05, 3.63) is 119 Å². The number of rotatable bonds is 35. The number of nitrogen functional groups attached to an aromatic ring is 1. The molecule has 0 atom stereocenters. The van der Waals surface area contributed by atoms with Gasteiger partial charge in [-0.15, -0.1) is 20.4 Å². The maximum absolute atomic E-state index is 9.56. The molecule has 0 amide bonds. The van der Waals surface area contributed by atoms with Crippen LogP contribution in [0.4, 0.5) is 11.4 Å². The van der Waals surface area contributed by atoms with Crippen molar-refractivity contribution in [1.29, 1.82) is 0 Å². The van der Waals surface area contributed by atoms with Crippen molar-refractivity contribution in [1.82, 2.24) is 39.2 Å². The maximum Gasteiger partial charge on any atom is 2.00 e. The van der Waals surface area contributed by atoms with E-state index in [1.165, 1.54) is 0 Å². The minimum absolute atomic E-state index is 0. The van der Waals surface area contributed by atoms with Crippen molar-refractivity contribution >= 4 is 199 Å². The summed E-state index contributed by atoms with van der Waals surface area (Å²) in [5.41, 5.74) is 15.4. The van der Waals surface area contributed by atoms with E-state index in [1.807, 2.05) is 245 Å². The summed E-state index contributed by atoms with van der Waals surface area (Å²) in [7, 11) is 1.88. The number of amidine groups is 8. The molecule has 0 aliphatic rings. The number of nitrogens with two attached hydrogens (primary N) is 1. The first-order chi connectivity index (χ1) is 55.1. The Hall–Kier alpha value is -6.96. The number of phenolic OH excluding ortho intramolecular Hbond substituents is 1. The normalized spacial score (nSPS) is 13.1. The van der Waals surface area contributed by atoms with Gasteiger partial charge in [0.1, 0.15) is 34.3 Å². The maximum atomic E-state index is 9.56. The second-order valence-corrected chi connectivity index (χ2v) is 26.8. The van der Waals surface area contributed by atoms with Gasteiger partial charge in [0.05, 0.1) is 29.5 Å². The molecule has 0 unspecified atom stereocenters. The number of anilines is 2. The van der Waals surface area contributed by atoms with E-state index >= 15 is 0 Å². The molecule has 0 saturated heterocycles. The van der Waals surface area contributed by atoms with Gasteiger partial charge >= 0.3 is 68.3 Å². The van der Waals surface area contributed by atoms with Crippen LogP contribution in [0.3, 0.4) is 0 Å². The van der Waals surface area contributed by atoms with Crippen LogP contribution in [0.5, 0.6) is 11.5 Å². The van der Waals surface area contributed by atoms with E-state index in [-0.39, 0.29) is 74.0 Å². The van der Waals surface area contributed by atoms with Crippen LogP contribution in [0.25, 0.3) is 0 Å². The summed E-state index contributed by atoms with van der Waals surface area (Å²) in [6.45, 7) is 54.6. The van der Waals surface area contributed by atoms with Gasteiger partial charge in [0.2, 0.25) is 0 Å². The standard InChI is InChI=1S/C21H34N6OS2.C20H33N7S2.C19H31N7S2.C19H30N6OS2.4Cu/c1-7-26(8-2)20(29)24-22-16(6)19(23-25-21(30)27(9-3)10-4)17-12-14-18(15-13-17)28-11-5;1-7-26(8-2)19(28)24-22-15(5)18(16-11-13-17(21-6)14-12-16)23-25-20(29)27(9-3)10-4;1-6-25(7-2)18(27)23-21-14(5)17(15-10-12-16(20)13-11-15)22-24-19(28)26(8-3)9-4;1-6-24(7-2)18(27)22-20-14(5)17(15-10-12-16(26)13-11-15)21-23-19(28)25(8-3)9-4;;;;/h12-15H,7-11H2,1-6H3,(H,24,29)(H,25,30);11-14,21H,7-10H2,1-6H3,(H,24,28)(H,25,29);10-13H,6-9,20H2,1-5H3,(H,23,27)(H,24,28);10-13,26H,6-9H2,1-5H3,(H,22,27)(H,23,28);;;;/q;;;;4*+2/p-8. The first kappa shape index (κ1) is 118. The molecule has 0 spiro atoms. The summed E-state index contributed by atoms with van der Waals surface area (Å²) >= 11 is 42.8. The number of nitrogens with one attached hydrogen (secondary N) is 1. The average molecular weight is 1980 g/mol. The third kappa shape index (κ3) is 43.6. The third-order valence-corrected chi connectivity index (χ3v) is 19.7. The van der Waals surface area contributed by atoms with Crippen molar-refractivity contribution in [2.75, 3.05) is 129 Å². The van der Waals surface area contributed by atoms with Gasteiger partial charge in [-0.3, -0.25) is 0 Å². The van der Waals surface area contributed by atoms with Gasteiger partial charge in [0.25, 0.3) is 0 Å². The van der Waals surface area contributed by atoms with Crippen molar-refractivity contribution in [2.24, 2.45) is 81.6 Å². The van der Waals surface area contributed by atoms with Crippen LogP contribution in [0.1, 0.15) is 168 Å². The van der Waals surface area contributed by atoms with Crippen molar-refractivity contribution in [3.8, 4) is 11.5 Å². The number of hydrogen-bond donors (Lipinski definition) is 3. The van der Waals surface area contributed by atoms with Crippen LogP contribution in [-0.4, -0.2) is 250 Å². The SMILES string of the molecule is CCN(CC)C([S-])=NN=C(C)C(=NN=C([S-])N(CC)CC)c1ccc(N)cc1.CCN(CC)C([S-])=NN=C(C)C(=NN=C([S-])N(CC)CC)c1ccc(NC)cc1.CCN(CC)C([S-])=NN=C(C)C(=NN=C([S-])N(CC)CC)c1ccc(O)cc1.CCOc1ccc(C(=NN=C([S-])N(CC)CC)C(C)=NN=C([S-])N(CC)CC)cc1.[Cu+2].[Cu+2].[Cu+2].[Cu+2]. The summed E-state index contributed by atoms with van der Waals surface area (Å²) in [4.78, 5) is 15.6. The molecular formula is C79H120Cu4N26O2S8. The van der Waals surface area contributed by atoms with Crippen LogP contribution in [0.15, 0.2) is 179 Å². The van der Waals surface area contributed by atoms with Crippen LogP contribution < -0.4 is 15.8 Å². The molecule has 0 fully saturated rings. The number of benzene rings is 4. The second-order valence-electron chi connectivity index (χ2n) is 23.9. The van der Waals surface area contributed by atoms with E-state index in [0.29, 0.717) is 99.3 Å². The Balaban J connectivity index is -0.000000733. The fourth-order valence-corrected chi connectivity index (χ4v) is 12.2. The summed E-state index contributed by atoms with van der Waals surface area (Å²) in [5, 5.41) is 84.6. The summed E-state index contributed by atoms with van der Waals surface area (Å²) in [6, 6.07) is 29.5. The summed E-state index contributed by atoms with van der Waals surface area (Å²) < 4.78 is 5.53. The molecule has 0 heterocycles. The molecule has 40 heteroatoms. The molecule has 0 aliphatic heterocycles. The molecule has 4 aromatic rings. The Morgan fingerprint density at radius 3 is 0.647 bits per heavy atom. The zero-order valence-corrected chi connectivity index (χ0v) is 82.7. The zero-order valence-electron chi connectivity index (χ0n) is 72.4. The van der Waals surface area contributed by atoms with E-state index in [1.54, 1.807) is 43.3 Å². The van der Waals surface area contributed by atoms with E-state index in [9.17, 15) is 5.11 Å². The third-order valence-electron chi connectivity index (χ3n) is 16.9. The minimum Gasteiger partial charge on any atom is -0.741 e. The van der Waals surface area contributed by atoms with E-state index < -0.39 is 0 Å². The Morgan fingerprint density at radius 2 is 0.462 bits per heavy atom. The molecule has 4 N–H and O–H groups in total. The number of nitrogens with zero attached hydrogens (tertiary/aromatic N) is 24. The van der Waals surface area contributed by atoms with E-state index in [0.717, 1.165) is 138 Å². The Kier molecular flexibility index (Phi) is 68.2. The predicted octanol–water partition coefficient (Wildman–Crippen LogP) is 12.7. The van der Waals surface area contributed by atoms with Gasteiger partial charge in [-0.2, -0.15) is 61.2 Å². The molecule has 670 valence electrons. The number of ether oxygens (including phenoxy) is 1. The average Bonchev–Trinajstić information content (AvgIpc) is 0.865. The van der Waals surface area contributed by atoms with Crippen molar-refractivity contribution in [2.45, 2.75) is 145 Å². The topological polar surface area (TPSA) is 291 Å². The van der Waals surface area contributed by atoms with Crippen LogP contribution in [-0.2, 0) is 169 Å². The Morgan fingerprint density at radius 1 is 0.286 bits per heavy atom. The Bertz CT molecular complexity index is 3910. The largest absolute Gasteiger partial charge is 2.00 e. The molecule has 0 saturated carbocycles. The van der Waals surface area contributed by atoms with Gasteiger partial charge in [-0.1, -0.05) is 24.3 Å². The van der Waals surface area contributed by atoms with Gasteiger partial charge in [0, 0.05) is 187 Å². The first-order valence-corrected chi connectivity index (χ1v) is 42.0. The van der Waals surface area contributed by atoms with Crippen molar-refractivity contribution in [3.63, 3.8) is 0 Å². The van der Waals surface area contributed by atoms with E-state index in [2.05, 4.69) is 86.9 Å². The molecule has 4 aromatic carbocycles. The first-order valence-electron chi connectivity index (χ1n) is 38.7. The quantitative estimate of drug-likeness (QED) is 0.00963. The molecule has 0 bridgehead atoms. The zero-order chi connectivity index (χ0) is 86.5. The molecule has 28 nitrogen and oxygen atoms in total. The van der Waals surface area contributed by atoms with Gasteiger partial charge in [-0.25, -0.2) is 0 Å². The molecular weight excluding hydrogens is 1860 g/mol. The van der Waals surface area contributed by atoms with Crippen LogP contribution in [0.2, 0.25) is 0 Å². The van der Waals surface area contributed by atoms with Gasteiger partial charge < -0.3 is 161 Å². The summed E-state index contributed by atoms with van der Waals surface area (Å²) in [5.74, 6) is 0.957. The van der Waals surface area contributed by atoms with Crippen LogP contribution >= 0.6 is 0 Å². The predicted molar refractivity (Wildman–Crippen MR) is 513 cm³/mol. The van der Waals surface area contributed by atoms with Crippen LogP contribution in [0, 0.1) is 0 Å². The van der Waals surface area contributed by atoms with Gasteiger partial charge in [0.15, 0.2) is 0 Å². The molecule has 4 radical (unpaired) electrons. The summed E-state index contributed by atoms with van der Waals surface area (Å²) in [6.07, 6.45) is 0. The smallest absolute Gasteiger partial charge is 0.741 e. The number of phenols is 1. The molecule has 4 rings (SSSR count). The van der Waals surface area contributed by atoms with Gasteiger partial charge in [-0.05, 0) is 218 Å². The number of hydrogen-bond acceptors (Lipinski definition) is 28. The number of aromatic hydroxyl groups is 1. The monoisotopic (exact) mass is 1970 g/mol. The molecule has 0 aliphatic carbocycles. The minimum atomic E-state index is 0. The molecule has 0 aromatic heterocycles. The fourth-order valence-electron chi connectivity index (χ4n) is 9.78. The van der Waals surface area contributed by atoms with Crippen molar-refractivity contribution < 1.29 is 78.1 Å². The fraction of sp³-hybridized carbons (Fsp3) is 0.494. The van der Waals surface area contributed by atoms with E-state index in [4.69, 9.17) is 112 Å².